The van der Waals surface area contributed by atoms with Crippen LogP contribution in [0.25, 0.3) is 0 Å². The molecule has 1 saturated heterocycles. The molecule has 1 rings (SSSR count). The van der Waals surface area contributed by atoms with Crippen molar-refractivity contribution in [3.8, 4) is 0 Å². The van der Waals surface area contributed by atoms with Crippen molar-refractivity contribution in [2.45, 2.75) is 83.7 Å². The fourth-order valence-corrected chi connectivity index (χ4v) is 4.71. The summed E-state index contributed by atoms with van der Waals surface area (Å²) >= 11 is 1.20. The molecule has 0 bridgehead atoms. The molecule has 0 radical (unpaired) electrons. The molecule has 0 amide bonds. The molecule has 9 nitrogen and oxygen atoms in total. The van der Waals surface area contributed by atoms with Crippen molar-refractivity contribution < 1.29 is 42.9 Å². The molecular weight excluding hydrogens is 416 g/mol. The number of thioether (sulfide) groups is 1. The fourth-order valence-electron chi connectivity index (χ4n) is 3.58. The van der Waals surface area contributed by atoms with Gasteiger partial charge >= 0.3 is 23.9 Å². The highest BCUT2D eigenvalue weighted by Crippen LogP contribution is 2.44. The highest BCUT2D eigenvalue weighted by Gasteiger charge is 2.56. The summed E-state index contributed by atoms with van der Waals surface area (Å²) in [6.45, 7) is 9.17. The monoisotopic (exact) mass is 448 g/mol. The molecular formula is C20H32O9S. The van der Waals surface area contributed by atoms with Crippen LogP contribution in [0.1, 0.15) is 54.4 Å². The second kappa shape index (κ2) is 11.5. The van der Waals surface area contributed by atoms with Gasteiger partial charge in [-0.15, -0.1) is 11.8 Å². The van der Waals surface area contributed by atoms with Gasteiger partial charge in [0.15, 0.2) is 6.10 Å². The average molecular weight is 449 g/mol. The van der Waals surface area contributed by atoms with E-state index >= 15 is 0 Å². The van der Waals surface area contributed by atoms with E-state index in [0.717, 1.165) is 0 Å². The molecule has 6 atom stereocenters. The third-order valence-corrected chi connectivity index (χ3v) is 5.99. The van der Waals surface area contributed by atoms with Gasteiger partial charge in [0.25, 0.3) is 0 Å². The lowest BCUT2D eigenvalue weighted by molar-refractivity contribution is -0.227. The normalized spacial score (nSPS) is 28.0. The molecule has 0 aromatic rings. The summed E-state index contributed by atoms with van der Waals surface area (Å²) in [7, 11) is 1.24. The number of rotatable bonds is 9. The molecule has 172 valence electrons. The van der Waals surface area contributed by atoms with E-state index in [0.29, 0.717) is 12.2 Å². The Labute approximate surface area is 181 Å². The van der Waals surface area contributed by atoms with Gasteiger partial charge in [-0.1, -0.05) is 20.8 Å². The van der Waals surface area contributed by atoms with Crippen molar-refractivity contribution in [2.24, 2.45) is 5.92 Å². The maximum absolute atomic E-state index is 12.7. The van der Waals surface area contributed by atoms with Gasteiger partial charge in [-0.05, 0) is 12.2 Å². The van der Waals surface area contributed by atoms with E-state index in [1.807, 2.05) is 6.92 Å². The molecule has 1 aliphatic heterocycles. The molecule has 0 aliphatic carbocycles. The van der Waals surface area contributed by atoms with E-state index in [1.165, 1.54) is 39.6 Å². The minimum atomic E-state index is -1.46. The summed E-state index contributed by atoms with van der Waals surface area (Å²) in [6.07, 6.45) is -2.99. The lowest BCUT2D eigenvalue weighted by atomic mass is 9.84. The number of methoxy groups -OCH3 is 1. The molecule has 10 heteroatoms. The zero-order valence-corrected chi connectivity index (χ0v) is 19.4. The van der Waals surface area contributed by atoms with Crippen LogP contribution in [0.4, 0.5) is 0 Å². The van der Waals surface area contributed by atoms with Crippen molar-refractivity contribution in [3.05, 3.63) is 0 Å². The lowest BCUT2D eigenvalue weighted by Crippen LogP contribution is -2.60. The van der Waals surface area contributed by atoms with E-state index in [-0.39, 0.29) is 6.42 Å². The van der Waals surface area contributed by atoms with Crippen LogP contribution in [0.2, 0.25) is 0 Å². The van der Waals surface area contributed by atoms with Crippen LogP contribution in [0.15, 0.2) is 0 Å². The minimum Gasteiger partial charge on any atom is -0.466 e. The third kappa shape index (κ3) is 6.60. The Morgan fingerprint density at radius 1 is 1.07 bits per heavy atom. The zero-order chi connectivity index (χ0) is 23.1. The van der Waals surface area contributed by atoms with E-state index in [9.17, 15) is 19.2 Å². The predicted octanol–water partition coefficient (Wildman–Crippen LogP) is 2.24. The van der Waals surface area contributed by atoms with Crippen molar-refractivity contribution in [1.82, 2.24) is 0 Å². The van der Waals surface area contributed by atoms with E-state index in [2.05, 4.69) is 0 Å². The molecule has 0 aromatic carbocycles. The lowest BCUT2D eigenvalue weighted by Gasteiger charge is -2.47. The summed E-state index contributed by atoms with van der Waals surface area (Å²) in [4.78, 5) is 46.4. The van der Waals surface area contributed by atoms with Crippen LogP contribution in [0, 0.1) is 5.92 Å². The number of esters is 4. The number of hydrogen-bond acceptors (Lipinski definition) is 10. The van der Waals surface area contributed by atoms with Crippen LogP contribution < -0.4 is 0 Å². The second-order valence-corrected chi connectivity index (χ2v) is 8.63. The minimum absolute atomic E-state index is 0.0760. The summed E-state index contributed by atoms with van der Waals surface area (Å²) in [5.74, 6) is -2.22. The highest BCUT2D eigenvalue weighted by molar-refractivity contribution is 8.01. The van der Waals surface area contributed by atoms with Crippen LogP contribution in [-0.4, -0.2) is 66.1 Å². The van der Waals surface area contributed by atoms with Crippen molar-refractivity contribution in [1.29, 1.82) is 0 Å². The van der Waals surface area contributed by atoms with Crippen molar-refractivity contribution in [2.75, 3.05) is 12.9 Å². The Kier molecular flexibility index (Phi) is 10.1. The smallest absolute Gasteiger partial charge is 0.348 e. The van der Waals surface area contributed by atoms with Gasteiger partial charge < -0.3 is 23.7 Å². The SMILES string of the molecule is CCSC1(C(=O)OC)CC(OC(C)=O)C(C)C([C@H](OC(C)=O)[C@@H](CC)OC(C)=O)O1. The fraction of sp³-hybridized carbons (Fsp3) is 0.800. The Bertz CT molecular complexity index is 638. The summed E-state index contributed by atoms with van der Waals surface area (Å²) in [5.41, 5.74) is 0. The third-order valence-electron chi connectivity index (χ3n) is 4.80. The van der Waals surface area contributed by atoms with E-state index < -0.39 is 59.1 Å². The van der Waals surface area contributed by atoms with E-state index in [4.69, 9.17) is 23.7 Å². The largest absolute Gasteiger partial charge is 0.466 e. The Morgan fingerprint density at radius 2 is 1.67 bits per heavy atom. The Balaban J connectivity index is 3.48. The van der Waals surface area contributed by atoms with Gasteiger partial charge in [0, 0.05) is 33.1 Å². The maximum Gasteiger partial charge on any atom is 0.348 e. The highest BCUT2D eigenvalue weighted by atomic mass is 32.2. The van der Waals surface area contributed by atoms with Gasteiger partial charge in [0.1, 0.15) is 18.3 Å². The Hall–Kier alpha value is -1.81. The van der Waals surface area contributed by atoms with Gasteiger partial charge in [0.2, 0.25) is 4.93 Å². The zero-order valence-electron chi connectivity index (χ0n) is 18.6. The van der Waals surface area contributed by atoms with Crippen LogP contribution in [0.3, 0.4) is 0 Å². The molecule has 30 heavy (non-hydrogen) atoms. The number of carbonyl (C=O) groups is 4. The van der Waals surface area contributed by atoms with Gasteiger partial charge in [-0.25, -0.2) is 4.79 Å². The van der Waals surface area contributed by atoms with Gasteiger partial charge in [-0.3, -0.25) is 14.4 Å². The standard InChI is InChI=1S/C20H32O9S/c1-8-15(26-12(4)21)18(28-14(6)23)17-11(3)16(27-13(5)22)10-20(29-17,30-9-2)19(24)25-7/h11,15-18H,8-10H2,1-7H3/t11?,15-,16?,17?,18-,20?/m1/s1. The van der Waals surface area contributed by atoms with Gasteiger partial charge in [0.05, 0.1) is 7.11 Å². The number of carbonyl (C=O) groups excluding carboxylic acids is 4. The molecule has 1 aliphatic rings. The molecule has 4 unspecified atom stereocenters. The molecule has 0 saturated carbocycles. The van der Waals surface area contributed by atoms with Gasteiger partial charge in [-0.2, -0.15) is 0 Å². The summed E-state index contributed by atoms with van der Waals surface area (Å²) in [5, 5.41) is 0. The quantitative estimate of drug-likeness (QED) is 0.384. The van der Waals surface area contributed by atoms with Crippen LogP contribution >= 0.6 is 11.8 Å². The summed E-state index contributed by atoms with van der Waals surface area (Å²) < 4.78 is 27.6. The van der Waals surface area contributed by atoms with Crippen molar-refractivity contribution in [3.63, 3.8) is 0 Å². The van der Waals surface area contributed by atoms with E-state index in [1.54, 1.807) is 13.8 Å². The Morgan fingerprint density at radius 3 is 2.10 bits per heavy atom. The molecule has 0 spiro atoms. The first-order chi connectivity index (χ1) is 14.0. The average Bonchev–Trinajstić information content (AvgIpc) is 2.65. The van der Waals surface area contributed by atoms with Crippen molar-refractivity contribution >= 4 is 35.6 Å². The van der Waals surface area contributed by atoms with Crippen LogP contribution in [0.5, 0.6) is 0 Å². The van der Waals surface area contributed by atoms with Crippen LogP contribution in [-0.2, 0) is 42.9 Å². The number of hydrogen-bond donors (Lipinski definition) is 0. The first-order valence-electron chi connectivity index (χ1n) is 9.93. The first-order valence-corrected chi connectivity index (χ1v) is 10.9. The molecule has 0 aromatic heterocycles. The number of ether oxygens (including phenoxy) is 5. The maximum atomic E-state index is 12.7. The first kappa shape index (κ1) is 26.2. The molecule has 1 heterocycles. The topological polar surface area (TPSA) is 114 Å². The predicted molar refractivity (Wildman–Crippen MR) is 108 cm³/mol. The second-order valence-electron chi connectivity index (χ2n) is 7.10. The molecule has 1 fully saturated rings. The molecule has 0 N–H and O–H groups in total. The summed E-state index contributed by atoms with van der Waals surface area (Å²) in [6, 6.07) is 0.